The van der Waals surface area contributed by atoms with Crippen LogP contribution >= 0.6 is 0 Å². The molecule has 0 aliphatic carbocycles. The normalized spacial score (nSPS) is 16.1. The van der Waals surface area contributed by atoms with E-state index in [0.29, 0.717) is 13.2 Å². The first-order valence-electron chi connectivity index (χ1n) is 9.09. The molecule has 0 aromatic carbocycles. The van der Waals surface area contributed by atoms with Gasteiger partial charge in [-0.1, -0.05) is 0 Å². The van der Waals surface area contributed by atoms with Gasteiger partial charge in [-0.05, 0) is 78.6 Å². The van der Waals surface area contributed by atoms with E-state index in [1.807, 2.05) is 0 Å². The SMILES string of the molecule is C[Si](C)(C)OC/C(=N/O[Si](C)(C)C)C(CO[Si](C)(C)C)O[Si](C)(C)C. The summed E-state index contributed by atoms with van der Waals surface area (Å²) in [7, 11) is -6.83. The molecule has 0 aromatic heterocycles. The van der Waals surface area contributed by atoms with Crippen molar-refractivity contribution in [2.24, 2.45) is 5.16 Å². The van der Waals surface area contributed by atoms with Crippen LogP contribution in [0.2, 0.25) is 78.6 Å². The van der Waals surface area contributed by atoms with Crippen LogP contribution in [0.3, 0.4) is 0 Å². The number of hydrogen-bond acceptors (Lipinski definition) is 5. The predicted molar refractivity (Wildman–Crippen MR) is 119 cm³/mol. The van der Waals surface area contributed by atoms with Gasteiger partial charge in [0.15, 0.2) is 25.0 Å². The van der Waals surface area contributed by atoms with Gasteiger partial charge in [0.05, 0.1) is 13.2 Å². The van der Waals surface area contributed by atoms with Crippen LogP contribution in [0.1, 0.15) is 0 Å². The van der Waals surface area contributed by atoms with Gasteiger partial charge >= 0.3 is 0 Å². The Morgan fingerprint density at radius 1 is 0.680 bits per heavy atom. The van der Waals surface area contributed by atoms with Gasteiger partial charge in [-0.15, -0.1) is 5.16 Å². The van der Waals surface area contributed by atoms with Crippen molar-refractivity contribution in [3.63, 3.8) is 0 Å². The molecule has 0 bridgehead atoms. The third-order valence-corrected chi connectivity index (χ3v) is 6.30. The molecule has 0 spiro atoms. The lowest BCUT2D eigenvalue weighted by Gasteiger charge is -2.31. The maximum Gasteiger partial charge on any atom is 0.278 e. The van der Waals surface area contributed by atoms with Gasteiger partial charge < -0.3 is 17.8 Å². The zero-order valence-corrected chi connectivity index (χ0v) is 22.6. The lowest BCUT2D eigenvalue weighted by atomic mass is 10.2. The number of rotatable bonds is 11. The van der Waals surface area contributed by atoms with E-state index >= 15 is 0 Å². The predicted octanol–water partition coefficient (Wildman–Crippen LogP) is 5.12. The highest BCUT2D eigenvalue weighted by Gasteiger charge is 2.30. The molecule has 0 heterocycles. The Hall–Kier alpha value is 0.218. The Morgan fingerprint density at radius 3 is 1.52 bits per heavy atom. The summed E-state index contributed by atoms with van der Waals surface area (Å²) in [5.74, 6) is 0. The summed E-state index contributed by atoms with van der Waals surface area (Å²) in [4.78, 5) is 0. The van der Waals surface area contributed by atoms with Gasteiger partial charge in [-0.3, -0.25) is 0 Å². The Kier molecular flexibility index (Phi) is 9.51. The van der Waals surface area contributed by atoms with E-state index in [9.17, 15) is 0 Å². The first kappa shape index (κ1) is 25.2. The van der Waals surface area contributed by atoms with E-state index < -0.39 is 33.3 Å². The third kappa shape index (κ3) is 16.1. The highest BCUT2D eigenvalue weighted by molar-refractivity contribution is 6.71. The quantitative estimate of drug-likeness (QED) is 0.263. The van der Waals surface area contributed by atoms with Gasteiger partial charge in [0, 0.05) is 0 Å². The molecule has 9 heteroatoms. The molecule has 0 radical (unpaired) electrons. The maximum absolute atomic E-state index is 6.40. The van der Waals surface area contributed by atoms with Crippen LogP contribution in [0.5, 0.6) is 0 Å². The van der Waals surface area contributed by atoms with Crippen LogP contribution < -0.4 is 0 Å². The third-order valence-electron chi connectivity index (χ3n) is 2.63. The maximum atomic E-state index is 6.40. The van der Waals surface area contributed by atoms with Gasteiger partial charge in [0.1, 0.15) is 11.8 Å². The second kappa shape index (κ2) is 9.42. The molecule has 0 aliphatic heterocycles. The molecule has 0 saturated heterocycles. The summed E-state index contributed by atoms with van der Waals surface area (Å²) < 4.78 is 24.5. The largest absolute Gasteiger partial charge is 0.456 e. The molecule has 0 fully saturated rings. The van der Waals surface area contributed by atoms with Gasteiger partial charge in [-0.2, -0.15) is 0 Å². The first-order valence-corrected chi connectivity index (χ1v) is 22.7. The zero-order chi connectivity index (χ0) is 20.1. The van der Waals surface area contributed by atoms with Crippen LogP contribution in [-0.2, 0) is 17.8 Å². The molecule has 0 rings (SSSR count). The molecule has 0 aliphatic rings. The van der Waals surface area contributed by atoms with Crippen LogP contribution in [-0.4, -0.2) is 58.3 Å². The molecule has 0 amide bonds. The second-order valence-electron chi connectivity index (χ2n) is 10.3. The van der Waals surface area contributed by atoms with Crippen molar-refractivity contribution in [3.05, 3.63) is 0 Å². The number of nitrogens with zero attached hydrogens (tertiary/aromatic N) is 1. The molecule has 25 heavy (non-hydrogen) atoms. The molecule has 5 nitrogen and oxygen atoms in total. The Balaban J connectivity index is 5.45. The highest BCUT2D eigenvalue weighted by Crippen LogP contribution is 2.15. The lowest BCUT2D eigenvalue weighted by molar-refractivity contribution is 0.158. The van der Waals surface area contributed by atoms with Crippen molar-refractivity contribution in [3.8, 4) is 0 Å². The molecule has 150 valence electrons. The number of hydrogen-bond donors (Lipinski definition) is 0. The van der Waals surface area contributed by atoms with Crippen molar-refractivity contribution in [1.82, 2.24) is 0 Å². The van der Waals surface area contributed by atoms with E-state index in [0.717, 1.165) is 5.71 Å². The van der Waals surface area contributed by atoms with Gasteiger partial charge in [-0.25, -0.2) is 0 Å². The minimum Gasteiger partial charge on any atom is -0.456 e. The van der Waals surface area contributed by atoms with Crippen molar-refractivity contribution >= 4 is 39.0 Å². The van der Waals surface area contributed by atoms with E-state index in [1.165, 1.54) is 0 Å². The van der Waals surface area contributed by atoms with E-state index in [1.54, 1.807) is 0 Å². The van der Waals surface area contributed by atoms with Crippen molar-refractivity contribution in [2.75, 3.05) is 13.2 Å². The van der Waals surface area contributed by atoms with Crippen LogP contribution in [0.4, 0.5) is 0 Å². The summed E-state index contributed by atoms with van der Waals surface area (Å²) in [6.45, 7) is 27.0. The monoisotopic (exact) mass is 423 g/mol. The van der Waals surface area contributed by atoms with Crippen molar-refractivity contribution < 1.29 is 17.8 Å². The zero-order valence-electron chi connectivity index (χ0n) is 18.6. The fourth-order valence-electron chi connectivity index (χ4n) is 1.61. The van der Waals surface area contributed by atoms with Gasteiger partial charge in [0.2, 0.25) is 0 Å². The average molecular weight is 424 g/mol. The van der Waals surface area contributed by atoms with Crippen molar-refractivity contribution in [1.29, 1.82) is 0 Å². The fraction of sp³-hybridized carbons (Fsp3) is 0.938. The van der Waals surface area contributed by atoms with Crippen LogP contribution in [0.25, 0.3) is 0 Å². The minimum absolute atomic E-state index is 0.203. The Bertz CT molecular complexity index is 431. The summed E-state index contributed by atoms with van der Waals surface area (Å²) in [6.07, 6.45) is -0.203. The molecular weight excluding hydrogens is 383 g/mol. The average Bonchev–Trinajstić information content (AvgIpc) is 2.29. The highest BCUT2D eigenvalue weighted by atomic mass is 28.4. The lowest BCUT2D eigenvalue weighted by Crippen LogP contribution is -2.45. The smallest absolute Gasteiger partial charge is 0.278 e. The topological polar surface area (TPSA) is 49.3 Å². The Morgan fingerprint density at radius 2 is 1.16 bits per heavy atom. The van der Waals surface area contributed by atoms with Crippen LogP contribution in [0, 0.1) is 0 Å². The molecule has 0 N–H and O–H groups in total. The molecule has 0 aromatic rings. The second-order valence-corrected chi connectivity index (χ2v) is 28.2. The number of oxime groups is 1. The first-order chi connectivity index (χ1) is 10.9. The van der Waals surface area contributed by atoms with Crippen LogP contribution in [0.15, 0.2) is 5.16 Å². The Labute approximate surface area is 160 Å². The summed E-state index contributed by atoms with van der Waals surface area (Å²) in [5.41, 5.74) is 0.825. The summed E-state index contributed by atoms with van der Waals surface area (Å²) in [5, 5.41) is 4.49. The van der Waals surface area contributed by atoms with E-state index in [2.05, 4.69) is 83.7 Å². The fourth-order valence-corrected chi connectivity index (χ4v) is 4.30. The minimum atomic E-state index is -1.77. The molecule has 1 unspecified atom stereocenters. The van der Waals surface area contributed by atoms with Crippen molar-refractivity contribution in [2.45, 2.75) is 84.7 Å². The summed E-state index contributed by atoms with van der Waals surface area (Å²) >= 11 is 0. The molecular formula is C16H41NO4Si4. The van der Waals surface area contributed by atoms with E-state index in [4.69, 9.17) is 17.8 Å². The molecule has 1 atom stereocenters. The standard InChI is InChI=1S/C16H41NO4Si4/c1-22(2,3)18-13-15(17-21-25(10,11)12)16(20-24(7,8)9)14-19-23(4,5)6/h16H,13-14H2,1-12H3/b17-15-. The summed E-state index contributed by atoms with van der Waals surface area (Å²) in [6, 6.07) is 0. The molecule has 0 saturated carbocycles. The van der Waals surface area contributed by atoms with E-state index in [-0.39, 0.29) is 6.10 Å². The van der Waals surface area contributed by atoms with Gasteiger partial charge in [0.25, 0.3) is 8.32 Å².